The average Bonchev–Trinajstić information content (AvgIpc) is 3.44. The average molecular weight is 532 g/mol. The molecule has 2 N–H and O–H groups in total. The van der Waals surface area contributed by atoms with E-state index >= 15 is 0 Å². The monoisotopic (exact) mass is 532 g/mol. The van der Waals surface area contributed by atoms with Gasteiger partial charge in [-0.15, -0.1) is 24.0 Å². The summed E-state index contributed by atoms with van der Waals surface area (Å²) in [6.45, 7) is 7.38. The molecule has 1 atom stereocenters. The van der Waals surface area contributed by atoms with E-state index in [0.29, 0.717) is 0 Å². The summed E-state index contributed by atoms with van der Waals surface area (Å²) in [7, 11) is 1.82. The van der Waals surface area contributed by atoms with Crippen LogP contribution in [0, 0.1) is 6.92 Å². The molecule has 3 aromatic rings. The maximum absolute atomic E-state index is 4.75. The number of aromatic nitrogens is 2. The van der Waals surface area contributed by atoms with Gasteiger partial charge in [-0.3, -0.25) is 4.99 Å². The summed E-state index contributed by atoms with van der Waals surface area (Å²) in [5, 5.41) is 6.94. The molecule has 3 heterocycles. The first-order chi connectivity index (χ1) is 14.6. The van der Waals surface area contributed by atoms with Crippen molar-refractivity contribution in [3.8, 4) is 0 Å². The van der Waals surface area contributed by atoms with Gasteiger partial charge < -0.3 is 19.9 Å². The van der Waals surface area contributed by atoms with Crippen molar-refractivity contribution in [2.45, 2.75) is 39.2 Å². The van der Waals surface area contributed by atoms with Gasteiger partial charge in [0.2, 0.25) is 0 Å². The number of hydrogen-bond acceptors (Lipinski definition) is 3. The predicted molar refractivity (Wildman–Crippen MR) is 140 cm³/mol. The van der Waals surface area contributed by atoms with E-state index in [-0.39, 0.29) is 30.0 Å². The summed E-state index contributed by atoms with van der Waals surface area (Å²) in [4.78, 5) is 11.6. The Morgan fingerprint density at radius 1 is 1.19 bits per heavy atom. The third-order valence-corrected chi connectivity index (χ3v) is 5.82. The molecule has 0 bridgehead atoms. The van der Waals surface area contributed by atoms with Gasteiger partial charge >= 0.3 is 0 Å². The molecule has 1 aliphatic rings. The van der Waals surface area contributed by atoms with Crippen LogP contribution in [0.5, 0.6) is 0 Å². The standard InChI is InChI=1S/C24H32N6.HI/c1-18-8-7-15-30-17-21(28-23(18)30)11-12-26-24(25-3)27-19(2)20-9-6-10-22(16-20)29-13-4-5-14-29;/h6-10,15-17,19H,4-5,11-14H2,1-3H3,(H2,25,26,27);1H. The van der Waals surface area contributed by atoms with Gasteiger partial charge in [0, 0.05) is 51.2 Å². The fraction of sp³-hybridized carbons (Fsp3) is 0.417. The number of rotatable bonds is 6. The van der Waals surface area contributed by atoms with E-state index in [1.165, 1.54) is 29.7 Å². The summed E-state index contributed by atoms with van der Waals surface area (Å²) in [6, 6.07) is 13.2. The van der Waals surface area contributed by atoms with Gasteiger partial charge in [-0.05, 0) is 56.0 Å². The number of guanidine groups is 1. The summed E-state index contributed by atoms with van der Waals surface area (Å²) < 4.78 is 2.09. The zero-order valence-corrected chi connectivity index (χ0v) is 21.0. The highest BCUT2D eigenvalue weighted by Gasteiger charge is 2.14. The van der Waals surface area contributed by atoms with Gasteiger partial charge in [-0.2, -0.15) is 0 Å². The second-order valence-electron chi connectivity index (χ2n) is 8.06. The molecular weight excluding hydrogens is 499 g/mol. The van der Waals surface area contributed by atoms with E-state index in [1.807, 2.05) is 13.2 Å². The van der Waals surface area contributed by atoms with Crippen molar-refractivity contribution < 1.29 is 0 Å². The fourth-order valence-electron chi connectivity index (χ4n) is 4.08. The Labute approximate surface area is 202 Å². The highest BCUT2D eigenvalue weighted by molar-refractivity contribution is 14.0. The Morgan fingerprint density at radius 3 is 2.74 bits per heavy atom. The number of aliphatic imine (C=N–C) groups is 1. The number of hydrogen-bond donors (Lipinski definition) is 2. The Hall–Kier alpha value is -2.29. The zero-order valence-electron chi connectivity index (χ0n) is 18.6. The first kappa shape index (κ1) is 23.4. The van der Waals surface area contributed by atoms with E-state index < -0.39 is 0 Å². The lowest BCUT2D eigenvalue weighted by molar-refractivity contribution is 0.683. The van der Waals surface area contributed by atoms with Crippen molar-refractivity contribution in [2.24, 2.45) is 4.99 Å². The lowest BCUT2D eigenvalue weighted by Crippen LogP contribution is -2.39. The molecule has 1 aliphatic heterocycles. The van der Waals surface area contributed by atoms with Crippen molar-refractivity contribution in [3.05, 3.63) is 65.6 Å². The van der Waals surface area contributed by atoms with Gasteiger partial charge in [0.1, 0.15) is 5.65 Å². The SMILES string of the molecule is CN=C(NCCc1cn2cccc(C)c2n1)NC(C)c1cccc(N2CCCC2)c1.I. The molecule has 1 aromatic carbocycles. The minimum atomic E-state index is 0. The molecule has 6 nitrogen and oxygen atoms in total. The highest BCUT2D eigenvalue weighted by Crippen LogP contribution is 2.23. The zero-order chi connectivity index (χ0) is 20.9. The summed E-state index contributed by atoms with van der Waals surface area (Å²) >= 11 is 0. The Bertz CT molecular complexity index is 1020. The van der Waals surface area contributed by atoms with E-state index in [2.05, 4.69) is 81.4 Å². The van der Waals surface area contributed by atoms with Crippen LogP contribution in [0.1, 0.15) is 42.6 Å². The van der Waals surface area contributed by atoms with Crippen LogP contribution in [0.2, 0.25) is 0 Å². The third-order valence-electron chi connectivity index (χ3n) is 5.82. The quantitative estimate of drug-likeness (QED) is 0.282. The highest BCUT2D eigenvalue weighted by atomic mass is 127. The molecule has 0 spiro atoms. The number of imidazole rings is 1. The second-order valence-corrected chi connectivity index (χ2v) is 8.06. The van der Waals surface area contributed by atoms with E-state index in [9.17, 15) is 0 Å². The molecule has 2 aromatic heterocycles. The smallest absolute Gasteiger partial charge is 0.191 e. The Kier molecular flexibility index (Phi) is 8.17. The number of aryl methyl sites for hydroxylation is 1. The minimum absolute atomic E-state index is 0. The first-order valence-electron chi connectivity index (χ1n) is 10.9. The summed E-state index contributed by atoms with van der Waals surface area (Å²) in [6.07, 6.45) is 7.58. The minimum Gasteiger partial charge on any atom is -0.372 e. The number of halogens is 1. The molecule has 1 saturated heterocycles. The van der Waals surface area contributed by atoms with Crippen molar-refractivity contribution in [2.75, 3.05) is 31.6 Å². The maximum Gasteiger partial charge on any atom is 0.191 e. The topological polar surface area (TPSA) is 57.0 Å². The van der Waals surface area contributed by atoms with Crippen LogP contribution < -0.4 is 15.5 Å². The number of benzene rings is 1. The van der Waals surface area contributed by atoms with Crippen LogP contribution in [0.4, 0.5) is 5.69 Å². The lowest BCUT2D eigenvalue weighted by Gasteiger charge is -2.22. The molecule has 1 fully saturated rings. The summed E-state index contributed by atoms with van der Waals surface area (Å²) in [5.74, 6) is 0.814. The molecule has 1 unspecified atom stereocenters. The molecule has 31 heavy (non-hydrogen) atoms. The van der Waals surface area contributed by atoms with Crippen LogP contribution in [0.15, 0.2) is 53.8 Å². The molecule has 4 rings (SSSR count). The van der Waals surface area contributed by atoms with Crippen LogP contribution in [-0.4, -0.2) is 42.0 Å². The van der Waals surface area contributed by atoms with Crippen LogP contribution in [0.3, 0.4) is 0 Å². The second kappa shape index (κ2) is 10.8. The van der Waals surface area contributed by atoms with E-state index in [4.69, 9.17) is 4.98 Å². The van der Waals surface area contributed by atoms with Gasteiger partial charge in [0.15, 0.2) is 5.96 Å². The molecule has 0 amide bonds. The van der Waals surface area contributed by atoms with Crippen LogP contribution in [-0.2, 0) is 6.42 Å². The predicted octanol–water partition coefficient (Wildman–Crippen LogP) is 4.33. The van der Waals surface area contributed by atoms with Crippen LogP contribution >= 0.6 is 24.0 Å². The molecule has 0 aliphatic carbocycles. The van der Waals surface area contributed by atoms with E-state index in [1.54, 1.807) is 0 Å². The third kappa shape index (κ3) is 5.70. The van der Waals surface area contributed by atoms with Crippen molar-refractivity contribution >= 4 is 41.3 Å². The molecular formula is C24H33IN6. The Balaban J connectivity index is 0.00000272. The largest absolute Gasteiger partial charge is 0.372 e. The molecule has 0 saturated carbocycles. The van der Waals surface area contributed by atoms with Crippen molar-refractivity contribution in [3.63, 3.8) is 0 Å². The van der Waals surface area contributed by atoms with Gasteiger partial charge in [0.05, 0.1) is 11.7 Å². The molecule has 0 radical (unpaired) electrons. The van der Waals surface area contributed by atoms with E-state index in [0.717, 1.165) is 43.4 Å². The fourth-order valence-corrected chi connectivity index (χ4v) is 4.08. The number of fused-ring (bicyclic) bond motifs is 1. The number of pyridine rings is 1. The van der Waals surface area contributed by atoms with Crippen molar-refractivity contribution in [1.82, 2.24) is 20.0 Å². The number of nitrogens with zero attached hydrogens (tertiary/aromatic N) is 4. The van der Waals surface area contributed by atoms with Crippen molar-refractivity contribution in [1.29, 1.82) is 0 Å². The summed E-state index contributed by atoms with van der Waals surface area (Å²) in [5.41, 5.74) is 5.90. The van der Waals surface area contributed by atoms with Gasteiger partial charge in [-0.25, -0.2) is 4.98 Å². The maximum atomic E-state index is 4.75. The number of nitrogens with one attached hydrogen (secondary N) is 2. The van der Waals surface area contributed by atoms with Crippen LogP contribution in [0.25, 0.3) is 5.65 Å². The first-order valence-corrected chi connectivity index (χ1v) is 10.9. The van der Waals surface area contributed by atoms with Gasteiger partial charge in [-0.1, -0.05) is 18.2 Å². The lowest BCUT2D eigenvalue weighted by atomic mass is 10.1. The normalized spacial score (nSPS) is 15.1. The molecule has 7 heteroatoms. The molecule has 166 valence electrons. The Morgan fingerprint density at radius 2 is 2.00 bits per heavy atom. The number of anilines is 1. The van der Waals surface area contributed by atoms with Gasteiger partial charge in [0.25, 0.3) is 0 Å².